The number of hydrogen-bond acceptors (Lipinski definition) is 5. The average Bonchev–Trinajstić information content (AvgIpc) is 2.50. The van der Waals surface area contributed by atoms with Crippen molar-refractivity contribution >= 4 is 0 Å². The van der Waals surface area contributed by atoms with E-state index in [0.717, 1.165) is 0 Å². The van der Waals surface area contributed by atoms with Gasteiger partial charge in [-0.3, -0.25) is 0 Å². The summed E-state index contributed by atoms with van der Waals surface area (Å²) in [6, 6.07) is 3.46. The fourth-order valence-electron chi connectivity index (χ4n) is 2.15. The summed E-state index contributed by atoms with van der Waals surface area (Å²) in [5.74, 6) is 0.229. The normalized spacial score (nSPS) is 13.4. The van der Waals surface area contributed by atoms with Gasteiger partial charge in [-0.15, -0.1) is 5.73 Å². The molecule has 2 atom stereocenters. The molecule has 0 heterocycles. The van der Waals surface area contributed by atoms with Crippen LogP contribution >= 0.6 is 0 Å². The molecule has 1 rings (SSSR count). The Morgan fingerprint density at radius 2 is 1.77 bits per heavy atom. The van der Waals surface area contributed by atoms with Crippen molar-refractivity contribution < 1.29 is 25.5 Å². The molecule has 1 aromatic carbocycles. The van der Waals surface area contributed by atoms with Crippen molar-refractivity contribution in [3.8, 4) is 5.75 Å². The third-order valence-corrected chi connectivity index (χ3v) is 3.43. The molecular formula is C17H24O5. The van der Waals surface area contributed by atoms with E-state index in [0.29, 0.717) is 28.7 Å². The molecular weight excluding hydrogens is 284 g/mol. The summed E-state index contributed by atoms with van der Waals surface area (Å²) in [5.41, 5.74) is 5.41. The lowest BCUT2D eigenvalue weighted by Gasteiger charge is -2.12. The minimum atomic E-state index is -0.921. The third kappa shape index (κ3) is 5.30. The monoisotopic (exact) mass is 308 g/mol. The van der Waals surface area contributed by atoms with E-state index in [1.165, 1.54) is 0 Å². The van der Waals surface area contributed by atoms with Crippen LogP contribution in [0.15, 0.2) is 29.5 Å². The van der Waals surface area contributed by atoms with E-state index in [9.17, 15) is 15.3 Å². The zero-order chi connectivity index (χ0) is 16.7. The molecule has 0 aliphatic rings. The Morgan fingerprint density at radius 1 is 1.18 bits per heavy atom. The lowest BCUT2D eigenvalue weighted by molar-refractivity contribution is 0.0930. The number of aliphatic hydroxyl groups excluding tert-OH is 4. The lowest BCUT2D eigenvalue weighted by atomic mass is 10.00. The molecule has 0 spiro atoms. The predicted octanol–water partition coefficient (Wildman–Crippen LogP) is 1.25. The zero-order valence-corrected chi connectivity index (χ0v) is 13.0. The molecule has 0 saturated carbocycles. The van der Waals surface area contributed by atoms with E-state index < -0.39 is 12.2 Å². The first-order chi connectivity index (χ1) is 10.4. The van der Waals surface area contributed by atoms with Crippen molar-refractivity contribution in [1.29, 1.82) is 0 Å². The summed E-state index contributed by atoms with van der Waals surface area (Å²) in [6.45, 7) is 2.91. The summed E-state index contributed by atoms with van der Waals surface area (Å²) in [6.07, 6.45) is 0.362. The summed E-state index contributed by atoms with van der Waals surface area (Å²) in [7, 11) is 0. The van der Waals surface area contributed by atoms with Crippen molar-refractivity contribution in [3.05, 3.63) is 46.2 Å². The second-order valence-electron chi connectivity index (χ2n) is 5.41. The Balaban J connectivity index is 2.80. The first kappa shape index (κ1) is 18.4. The van der Waals surface area contributed by atoms with Crippen molar-refractivity contribution in [2.75, 3.05) is 13.2 Å². The molecule has 0 saturated heterocycles. The van der Waals surface area contributed by atoms with E-state index in [1.807, 2.05) is 0 Å². The highest BCUT2D eigenvalue weighted by Gasteiger charge is 2.10. The van der Waals surface area contributed by atoms with Crippen molar-refractivity contribution in [1.82, 2.24) is 0 Å². The molecule has 0 aliphatic heterocycles. The van der Waals surface area contributed by atoms with Crippen LogP contribution in [-0.4, -0.2) is 44.9 Å². The van der Waals surface area contributed by atoms with Crippen LogP contribution in [0.2, 0.25) is 0 Å². The van der Waals surface area contributed by atoms with Crippen molar-refractivity contribution in [2.24, 2.45) is 0 Å². The first-order valence-corrected chi connectivity index (χ1v) is 7.19. The summed E-state index contributed by atoms with van der Waals surface area (Å²) in [4.78, 5) is 0. The SMILES string of the molecule is Cc1cc([C@H](O)CC=C=C(CO)C[C@@H](O)CO)cc(C)c1O. The Morgan fingerprint density at radius 3 is 2.27 bits per heavy atom. The molecule has 5 nitrogen and oxygen atoms in total. The topological polar surface area (TPSA) is 101 Å². The Kier molecular flexibility index (Phi) is 7.32. The minimum Gasteiger partial charge on any atom is -0.507 e. The van der Waals surface area contributed by atoms with Crippen molar-refractivity contribution in [3.63, 3.8) is 0 Å². The summed E-state index contributed by atoms with van der Waals surface area (Å²) < 4.78 is 0. The van der Waals surface area contributed by atoms with Crippen molar-refractivity contribution in [2.45, 2.75) is 38.9 Å². The van der Waals surface area contributed by atoms with Crippen LogP contribution in [0, 0.1) is 13.8 Å². The number of benzene rings is 1. The molecule has 0 unspecified atom stereocenters. The molecule has 0 aromatic heterocycles. The molecule has 22 heavy (non-hydrogen) atoms. The maximum Gasteiger partial charge on any atom is 0.121 e. The molecule has 0 bridgehead atoms. The smallest absolute Gasteiger partial charge is 0.121 e. The predicted molar refractivity (Wildman–Crippen MR) is 83.5 cm³/mol. The lowest BCUT2D eigenvalue weighted by Crippen LogP contribution is -2.13. The zero-order valence-electron chi connectivity index (χ0n) is 13.0. The van der Waals surface area contributed by atoms with Gasteiger partial charge in [-0.1, -0.05) is 0 Å². The molecule has 0 aliphatic carbocycles. The molecule has 0 fully saturated rings. The van der Waals surface area contributed by atoms with Gasteiger partial charge in [-0.2, -0.15) is 0 Å². The van der Waals surface area contributed by atoms with Gasteiger partial charge in [0.05, 0.1) is 25.4 Å². The fraction of sp³-hybridized carbons (Fsp3) is 0.471. The fourth-order valence-corrected chi connectivity index (χ4v) is 2.15. The van der Waals surface area contributed by atoms with E-state index in [-0.39, 0.29) is 25.4 Å². The van der Waals surface area contributed by atoms with E-state index >= 15 is 0 Å². The number of hydrogen-bond donors (Lipinski definition) is 5. The van der Waals surface area contributed by atoms with Gasteiger partial charge in [0.1, 0.15) is 5.75 Å². The quantitative estimate of drug-likeness (QED) is 0.488. The highest BCUT2D eigenvalue weighted by Crippen LogP contribution is 2.27. The standard InChI is InChI=1S/C17H24O5/c1-11-6-14(7-12(2)17(11)22)16(21)5-3-4-13(9-18)8-15(20)10-19/h3,6-7,15-16,18-22H,5,8-10H2,1-2H3/t4?,15-,16-/m1/s1. The number of aliphatic hydroxyl groups is 4. The largest absolute Gasteiger partial charge is 0.507 e. The number of phenols is 1. The third-order valence-electron chi connectivity index (χ3n) is 3.43. The molecule has 0 radical (unpaired) electrons. The van der Waals surface area contributed by atoms with Gasteiger partial charge in [0.25, 0.3) is 0 Å². The van der Waals surface area contributed by atoms with Crippen LogP contribution in [0.1, 0.15) is 35.6 Å². The number of phenolic OH excluding ortho intramolecular Hbond substituents is 1. The van der Waals surface area contributed by atoms with E-state index in [2.05, 4.69) is 5.73 Å². The molecule has 0 amide bonds. The van der Waals surface area contributed by atoms with Gasteiger partial charge < -0.3 is 25.5 Å². The van der Waals surface area contributed by atoms with Crippen LogP contribution in [0.25, 0.3) is 0 Å². The Labute approximate surface area is 130 Å². The second-order valence-corrected chi connectivity index (χ2v) is 5.41. The Hall–Kier alpha value is -1.62. The molecule has 5 N–H and O–H groups in total. The highest BCUT2D eigenvalue weighted by molar-refractivity contribution is 5.42. The summed E-state index contributed by atoms with van der Waals surface area (Å²) >= 11 is 0. The number of rotatable bonds is 7. The van der Waals surface area contributed by atoms with Gasteiger partial charge in [-0.25, -0.2) is 0 Å². The number of aryl methyl sites for hydroxylation is 2. The second kappa shape index (κ2) is 8.73. The maximum absolute atomic E-state index is 10.2. The average molecular weight is 308 g/mol. The van der Waals surface area contributed by atoms with Crippen LogP contribution < -0.4 is 0 Å². The van der Waals surface area contributed by atoms with Crippen LogP contribution in [0.4, 0.5) is 0 Å². The van der Waals surface area contributed by atoms with Crippen LogP contribution in [0.5, 0.6) is 5.75 Å². The van der Waals surface area contributed by atoms with Gasteiger partial charge in [0.2, 0.25) is 0 Å². The van der Waals surface area contributed by atoms with Gasteiger partial charge >= 0.3 is 0 Å². The van der Waals surface area contributed by atoms with Gasteiger partial charge in [-0.05, 0) is 54.3 Å². The van der Waals surface area contributed by atoms with Crippen LogP contribution in [0.3, 0.4) is 0 Å². The van der Waals surface area contributed by atoms with Gasteiger partial charge in [0, 0.05) is 12.8 Å². The van der Waals surface area contributed by atoms with Crippen LogP contribution in [-0.2, 0) is 0 Å². The highest BCUT2D eigenvalue weighted by atomic mass is 16.3. The minimum absolute atomic E-state index is 0.136. The molecule has 122 valence electrons. The summed E-state index contributed by atoms with van der Waals surface area (Å²) in [5, 5.41) is 47.1. The molecule has 1 aromatic rings. The first-order valence-electron chi connectivity index (χ1n) is 7.19. The van der Waals surface area contributed by atoms with Gasteiger partial charge in [0.15, 0.2) is 0 Å². The molecule has 5 heteroatoms. The van der Waals surface area contributed by atoms with E-state index in [4.69, 9.17) is 10.2 Å². The maximum atomic E-state index is 10.2. The number of aromatic hydroxyl groups is 1. The van der Waals surface area contributed by atoms with E-state index in [1.54, 1.807) is 32.1 Å². The Bertz CT molecular complexity index is 535.